The van der Waals surface area contributed by atoms with Crippen LogP contribution >= 0.6 is 0 Å². The molecular weight excluding hydrogens is 244 g/mol. The number of aliphatic hydroxyl groups is 1. The van der Waals surface area contributed by atoms with Crippen molar-refractivity contribution in [3.8, 4) is 11.1 Å². The molecular formula is C19H24O. The number of hydrogen-bond acceptors (Lipinski definition) is 1. The fourth-order valence-corrected chi connectivity index (χ4v) is 2.33. The monoisotopic (exact) mass is 268 g/mol. The lowest BCUT2D eigenvalue weighted by atomic mass is 9.85. The van der Waals surface area contributed by atoms with E-state index in [9.17, 15) is 5.11 Å². The Balaban J connectivity index is 2.42. The minimum Gasteiger partial charge on any atom is -0.388 e. The van der Waals surface area contributed by atoms with Gasteiger partial charge in [0, 0.05) is 0 Å². The van der Waals surface area contributed by atoms with Gasteiger partial charge < -0.3 is 5.11 Å². The first kappa shape index (κ1) is 14.8. The van der Waals surface area contributed by atoms with Gasteiger partial charge in [-0.05, 0) is 40.2 Å². The lowest BCUT2D eigenvalue weighted by Gasteiger charge is -2.20. The van der Waals surface area contributed by atoms with Crippen molar-refractivity contribution in [3.63, 3.8) is 0 Å². The zero-order valence-corrected chi connectivity index (χ0v) is 12.9. The van der Waals surface area contributed by atoms with Crippen molar-refractivity contribution in [2.75, 3.05) is 0 Å². The summed E-state index contributed by atoms with van der Waals surface area (Å²) in [6.45, 7) is 8.67. The van der Waals surface area contributed by atoms with Crippen LogP contribution in [0.2, 0.25) is 0 Å². The Morgan fingerprint density at radius 1 is 0.950 bits per heavy atom. The van der Waals surface area contributed by atoms with Crippen LogP contribution in [-0.2, 0) is 5.41 Å². The lowest BCUT2D eigenvalue weighted by molar-refractivity contribution is 0.174. The topological polar surface area (TPSA) is 20.2 Å². The molecule has 0 aliphatic heterocycles. The zero-order chi connectivity index (χ0) is 14.8. The fourth-order valence-electron chi connectivity index (χ4n) is 2.33. The molecule has 2 aromatic rings. The molecule has 1 nitrogen and oxygen atoms in total. The predicted octanol–water partition coefficient (Wildman–Crippen LogP) is 5.09. The van der Waals surface area contributed by atoms with E-state index in [0.717, 1.165) is 12.0 Å². The quantitative estimate of drug-likeness (QED) is 0.821. The van der Waals surface area contributed by atoms with Crippen molar-refractivity contribution in [1.82, 2.24) is 0 Å². The molecule has 2 aromatic carbocycles. The van der Waals surface area contributed by atoms with Gasteiger partial charge >= 0.3 is 0 Å². The number of benzene rings is 2. The Bertz CT molecular complexity index is 578. The number of aliphatic hydroxyl groups excluding tert-OH is 1. The Labute approximate surface area is 122 Å². The normalized spacial score (nSPS) is 13.2. The van der Waals surface area contributed by atoms with Crippen LogP contribution in [0.1, 0.15) is 51.3 Å². The molecule has 0 radical (unpaired) electrons. The van der Waals surface area contributed by atoms with Gasteiger partial charge in [-0.25, -0.2) is 0 Å². The van der Waals surface area contributed by atoms with Gasteiger partial charge in [-0.15, -0.1) is 0 Å². The first-order valence-electron chi connectivity index (χ1n) is 7.30. The highest BCUT2D eigenvalue weighted by molar-refractivity contribution is 5.65. The number of rotatable bonds is 3. The second-order valence-electron chi connectivity index (χ2n) is 6.38. The Hall–Kier alpha value is -1.60. The van der Waals surface area contributed by atoms with Crippen molar-refractivity contribution in [3.05, 3.63) is 59.7 Å². The first-order chi connectivity index (χ1) is 9.41. The van der Waals surface area contributed by atoms with E-state index in [2.05, 4.69) is 57.2 Å². The van der Waals surface area contributed by atoms with E-state index >= 15 is 0 Å². The average molecular weight is 268 g/mol. The SMILES string of the molecule is CCC(O)c1cccc(-c2cccc(C(C)(C)C)c2)c1. The smallest absolute Gasteiger partial charge is 0.0787 e. The van der Waals surface area contributed by atoms with Gasteiger partial charge in [0.25, 0.3) is 0 Å². The van der Waals surface area contributed by atoms with Crippen molar-refractivity contribution < 1.29 is 5.11 Å². The molecule has 106 valence electrons. The fraction of sp³-hybridized carbons (Fsp3) is 0.368. The molecule has 1 atom stereocenters. The molecule has 0 aliphatic carbocycles. The largest absolute Gasteiger partial charge is 0.388 e. The number of hydrogen-bond donors (Lipinski definition) is 1. The van der Waals surface area contributed by atoms with Gasteiger partial charge in [0.1, 0.15) is 0 Å². The standard InChI is InChI=1S/C19H24O/c1-5-18(20)16-10-6-8-14(12-16)15-9-7-11-17(13-15)19(2,3)4/h6-13,18,20H,5H2,1-4H3. The minimum absolute atomic E-state index is 0.149. The second kappa shape index (κ2) is 5.80. The molecule has 0 bridgehead atoms. The van der Waals surface area contributed by atoms with Crippen LogP contribution in [0.4, 0.5) is 0 Å². The third-order valence-corrected chi connectivity index (χ3v) is 3.72. The van der Waals surface area contributed by atoms with Crippen LogP contribution in [0.5, 0.6) is 0 Å². The van der Waals surface area contributed by atoms with Gasteiger partial charge in [-0.2, -0.15) is 0 Å². The van der Waals surface area contributed by atoms with E-state index in [-0.39, 0.29) is 11.5 Å². The summed E-state index contributed by atoms with van der Waals surface area (Å²) in [5, 5.41) is 9.98. The first-order valence-corrected chi connectivity index (χ1v) is 7.30. The van der Waals surface area contributed by atoms with Gasteiger partial charge in [-0.1, -0.05) is 70.2 Å². The van der Waals surface area contributed by atoms with Crippen LogP contribution in [0.15, 0.2) is 48.5 Å². The molecule has 0 saturated heterocycles. The molecule has 1 unspecified atom stereocenters. The van der Waals surface area contributed by atoms with Gasteiger partial charge in [0.15, 0.2) is 0 Å². The summed E-state index contributed by atoms with van der Waals surface area (Å²) >= 11 is 0. The minimum atomic E-state index is -0.374. The maximum Gasteiger partial charge on any atom is 0.0787 e. The molecule has 1 N–H and O–H groups in total. The molecule has 0 aliphatic rings. The van der Waals surface area contributed by atoms with E-state index in [1.807, 2.05) is 19.1 Å². The maximum atomic E-state index is 9.98. The summed E-state index contributed by atoms with van der Waals surface area (Å²) in [4.78, 5) is 0. The van der Waals surface area contributed by atoms with E-state index in [1.54, 1.807) is 0 Å². The van der Waals surface area contributed by atoms with Crippen molar-refractivity contribution in [2.24, 2.45) is 0 Å². The molecule has 0 aromatic heterocycles. The van der Waals surface area contributed by atoms with Crippen molar-refractivity contribution in [2.45, 2.75) is 45.6 Å². The lowest BCUT2D eigenvalue weighted by Crippen LogP contribution is -2.10. The second-order valence-corrected chi connectivity index (χ2v) is 6.38. The van der Waals surface area contributed by atoms with E-state index in [1.165, 1.54) is 16.7 Å². The summed E-state index contributed by atoms with van der Waals surface area (Å²) in [7, 11) is 0. The van der Waals surface area contributed by atoms with E-state index in [0.29, 0.717) is 0 Å². The molecule has 0 saturated carbocycles. The molecule has 0 amide bonds. The molecule has 0 heterocycles. The zero-order valence-electron chi connectivity index (χ0n) is 12.9. The molecule has 0 spiro atoms. The highest BCUT2D eigenvalue weighted by Crippen LogP contribution is 2.29. The summed E-state index contributed by atoms with van der Waals surface area (Å²) in [6, 6.07) is 16.9. The Morgan fingerprint density at radius 3 is 2.15 bits per heavy atom. The van der Waals surface area contributed by atoms with Crippen LogP contribution in [0.3, 0.4) is 0 Å². The highest BCUT2D eigenvalue weighted by Gasteiger charge is 2.14. The predicted molar refractivity (Wildman–Crippen MR) is 85.8 cm³/mol. The molecule has 2 rings (SSSR count). The summed E-state index contributed by atoms with van der Waals surface area (Å²) in [5.74, 6) is 0. The highest BCUT2D eigenvalue weighted by atomic mass is 16.3. The maximum absolute atomic E-state index is 9.98. The van der Waals surface area contributed by atoms with E-state index in [4.69, 9.17) is 0 Å². The molecule has 20 heavy (non-hydrogen) atoms. The molecule has 0 fully saturated rings. The molecule has 1 heteroatoms. The summed E-state index contributed by atoms with van der Waals surface area (Å²) in [6.07, 6.45) is 0.367. The summed E-state index contributed by atoms with van der Waals surface area (Å²) in [5.41, 5.74) is 4.85. The van der Waals surface area contributed by atoms with Crippen LogP contribution < -0.4 is 0 Å². The van der Waals surface area contributed by atoms with Crippen LogP contribution in [0, 0.1) is 0 Å². The van der Waals surface area contributed by atoms with Gasteiger partial charge in [0.2, 0.25) is 0 Å². The van der Waals surface area contributed by atoms with Gasteiger partial charge in [0.05, 0.1) is 6.10 Å². The third kappa shape index (κ3) is 3.29. The average Bonchev–Trinajstić information content (AvgIpc) is 2.46. The Kier molecular flexibility index (Phi) is 4.29. The van der Waals surface area contributed by atoms with Crippen molar-refractivity contribution >= 4 is 0 Å². The van der Waals surface area contributed by atoms with Gasteiger partial charge in [-0.3, -0.25) is 0 Å². The summed E-state index contributed by atoms with van der Waals surface area (Å²) < 4.78 is 0. The van der Waals surface area contributed by atoms with Crippen LogP contribution in [-0.4, -0.2) is 5.11 Å². The third-order valence-electron chi connectivity index (χ3n) is 3.72. The van der Waals surface area contributed by atoms with E-state index < -0.39 is 0 Å². The Morgan fingerprint density at radius 2 is 1.55 bits per heavy atom. The van der Waals surface area contributed by atoms with Crippen molar-refractivity contribution in [1.29, 1.82) is 0 Å². The van der Waals surface area contributed by atoms with Crippen LogP contribution in [0.25, 0.3) is 11.1 Å².